The van der Waals surface area contributed by atoms with Crippen LogP contribution in [0.4, 0.5) is 0 Å². The van der Waals surface area contributed by atoms with Crippen LogP contribution in [-0.4, -0.2) is 29.3 Å². The van der Waals surface area contributed by atoms with Crippen molar-refractivity contribution in [1.82, 2.24) is 0 Å². The summed E-state index contributed by atoms with van der Waals surface area (Å²) in [6, 6.07) is 6.27. The molecule has 0 spiro atoms. The zero-order valence-electron chi connectivity index (χ0n) is 11.6. The van der Waals surface area contributed by atoms with Gasteiger partial charge in [0.1, 0.15) is 5.75 Å². The van der Waals surface area contributed by atoms with Crippen molar-refractivity contribution in [2.45, 2.75) is 42.7 Å². The van der Waals surface area contributed by atoms with Crippen LogP contribution >= 0.6 is 11.8 Å². The number of benzene rings is 1. The van der Waals surface area contributed by atoms with Crippen LogP contribution in [-0.2, 0) is 6.42 Å². The van der Waals surface area contributed by atoms with Crippen molar-refractivity contribution in [1.29, 1.82) is 0 Å². The lowest BCUT2D eigenvalue weighted by molar-refractivity contribution is 0.288. The smallest absolute Gasteiger partial charge is 0.119 e. The summed E-state index contributed by atoms with van der Waals surface area (Å²) >= 11 is 1.90. The Morgan fingerprint density at radius 1 is 1.53 bits per heavy atom. The lowest BCUT2D eigenvalue weighted by Crippen LogP contribution is -2.30. The van der Waals surface area contributed by atoms with E-state index in [-0.39, 0.29) is 12.6 Å². The highest BCUT2D eigenvalue weighted by Crippen LogP contribution is 2.39. The molecule has 3 unspecified atom stereocenters. The Hall–Kier alpha value is -0.710. The van der Waals surface area contributed by atoms with Crippen molar-refractivity contribution in [3.63, 3.8) is 0 Å². The lowest BCUT2D eigenvalue weighted by atomic mass is 9.87. The topological polar surface area (TPSA) is 55.5 Å². The van der Waals surface area contributed by atoms with Crippen LogP contribution in [0.25, 0.3) is 0 Å². The Bertz CT molecular complexity index is 425. The molecule has 0 saturated heterocycles. The van der Waals surface area contributed by atoms with Crippen LogP contribution in [0, 0.1) is 0 Å². The van der Waals surface area contributed by atoms with Gasteiger partial charge in [-0.25, -0.2) is 0 Å². The van der Waals surface area contributed by atoms with E-state index in [2.05, 4.69) is 19.1 Å². The highest BCUT2D eigenvalue weighted by Gasteiger charge is 2.28. The third-order valence-corrected chi connectivity index (χ3v) is 5.33. The Kier molecular flexibility index (Phi) is 5.13. The fraction of sp³-hybridized carbons (Fsp3) is 0.600. The molecule has 0 amide bonds. The number of thioether (sulfide) groups is 1. The molecule has 0 aliphatic heterocycles. The zero-order valence-corrected chi connectivity index (χ0v) is 12.5. The standard InChI is InChI=1S/C15H23NO2S/c1-10(7-8-17)19-14-6-4-11-3-5-12(18-2)9-13(11)15(14)16/h3,5,9-10,14-15,17H,4,6-8,16H2,1-2H3. The molecule has 1 aromatic carbocycles. The predicted octanol–water partition coefficient (Wildman–Crippen LogP) is 2.51. The van der Waals surface area contributed by atoms with Crippen LogP contribution < -0.4 is 10.5 Å². The molecule has 1 aliphatic rings. The summed E-state index contributed by atoms with van der Waals surface area (Å²) < 4.78 is 5.29. The Morgan fingerprint density at radius 3 is 3.00 bits per heavy atom. The number of aryl methyl sites for hydroxylation is 1. The maximum absolute atomic E-state index is 9.00. The van der Waals surface area contributed by atoms with Gasteiger partial charge in [0.15, 0.2) is 0 Å². The van der Waals surface area contributed by atoms with Crippen molar-refractivity contribution in [2.24, 2.45) is 5.73 Å². The SMILES string of the molecule is COc1ccc2c(c1)C(N)C(SC(C)CCO)CC2. The summed E-state index contributed by atoms with van der Waals surface area (Å²) in [4.78, 5) is 0. The van der Waals surface area contributed by atoms with Crippen molar-refractivity contribution in [2.75, 3.05) is 13.7 Å². The fourth-order valence-electron chi connectivity index (χ4n) is 2.62. The molecule has 0 saturated carbocycles. The molecular formula is C15H23NO2S. The second-order valence-electron chi connectivity index (χ2n) is 5.13. The molecule has 2 rings (SSSR count). The first-order chi connectivity index (χ1) is 9.15. The summed E-state index contributed by atoms with van der Waals surface area (Å²) in [5.74, 6) is 0.878. The summed E-state index contributed by atoms with van der Waals surface area (Å²) in [6.45, 7) is 2.41. The van der Waals surface area contributed by atoms with Crippen LogP contribution in [0.1, 0.15) is 36.9 Å². The molecule has 0 fully saturated rings. The molecule has 19 heavy (non-hydrogen) atoms. The second kappa shape index (κ2) is 6.64. The minimum Gasteiger partial charge on any atom is -0.497 e. The van der Waals surface area contributed by atoms with E-state index in [9.17, 15) is 0 Å². The minimum absolute atomic E-state index is 0.0602. The summed E-state index contributed by atoms with van der Waals surface area (Å²) in [5, 5.41) is 9.88. The Balaban J connectivity index is 2.11. The van der Waals surface area contributed by atoms with Crippen molar-refractivity contribution >= 4 is 11.8 Å². The highest BCUT2D eigenvalue weighted by atomic mass is 32.2. The third-order valence-electron chi connectivity index (χ3n) is 3.75. The molecule has 0 heterocycles. The number of nitrogens with two attached hydrogens (primary N) is 1. The number of aliphatic hydroxyl groups is 1. The Morgan fingerprint density at radius 2 is 2.32 bits per heavy atom. The third kappa shape index (κ3) is 3.44. The first-order valence-electron chi connectivity index (χ1n) is 6.84. The lowest BCUT2D eigenvalue weighted by Gasteiger charge is -2.32. The molecular weight excluding hydrogens is 258 g/mol. The van der Waals surface area contributed by atoms with E-state index >= 15 is 0 Å². The monoisotopic (exact) mass is 281 g/mol. The van der Waals surface area contributed by atoms with Gasteiger partial charge in [-0.1, -0.05) is 13.0 Å². The average Bonchev–Trinajstić information content (AvgIpc) is 2.42. The van der Waals surface area contributed by atoms with Crippen molar-refractivity contribution in [3.8, 4) is 5.75 Å². The number of methoxy groups -OCH3 is 1. The molecule has 3 atom stereocenters. The van der Waals surface area contributed by atoms with Crippen LogP contribution in [0.3, 0.4) is 0 Å². The van der Waals surface area contributed by atoms with E-state index in [1.807, 2.05) is 17.8 Å². The minimum atomic E-state index is 0.0602. The molecule has 4 heteroatoms. The van der Waals surface area contributed by atoms with Gasteiger partial charge in [-0.2, -0.15) is 11.8 Å². The number of hydrogen-bond acceptors (Lipinski definition) is 4. The molecule has 3 nitrogen and oxygen atoms in total. The normalized spacial score (nSPS) is 23.8. The highest BCUT2D eigenvalue weighted by molar-refractivity contribution is 8.00. The van der Waals surface area contributed by atoms with E-state index in [1.165, 1.54) is 11.1 Å². The zero-order chi connectivity index (χ0) is 13.8. The van der Waals surface area contributed by atoms with Crippen LogP contribution in [0.5, 0.6) is 5.75 Å². The van der Waals surface area contributed by atoms with Gasteiger partial charge in [0.25, 0.3) is 0 Å². The number of rotatable bonds is 5. The van der Waals surface area contributed by atoms with Gasteiger partial charge in [-0.3, -0.25) is 0 Å². The molecule has 1 aromatic rings. The van der Waals surface area contributed by atoms with Crippen molar-refractivity contribution < 1.29 is 9.84 Å². The molecule has 0 aromatic heterocycles. The van der Waals surface area contributed by atoms with Gasteiger partial charge in [0, 0.05) is 23.1 Å². The number of ether oxygens (including phenoxy) is 1. The molecule has 3 N–H and O–H groups in total. The summed E-state index contributed by atoms with van der Waals surface area (Å²) in [5.41, 5.74) is 8.99. The van der Waals surface area contributed by atoms with E-state index in [0.717, 1.165) is 25.0 Å². The molecule has 0 radical (unpaired) electrons. The van der Waals surface area contributed by atoms with E-state index < -0.39 is 0 Å². The molecule has 1 aliphatic carbocycles. The van der Waals surface area contributed by atoms with Gasteiger partial charge in [-0.15, -0.1) is 0 Å². The van der Waals surface area contributed by atoms with Gasteiger partial charge in [0.2, 0.25) is 0 Å². The maximum atomic E-state index is 9.00. The predicted molar refractivity (Wildman–Crippen MR) is 80.8 cm³/mol. The van der Waals surface area contributed by atoms with Gasteiger partial charge in [0.05, 0.1) is 7.11 Å². The maximum Gasteiger partial charge on any atom is 0.119 e. The van der Waals surface area contributed by atoms with E-state index in [4.69, 9.17) is 15.6 Å². The van der Waals surface area contributed by atoms with Crippen molar-refractivity contribution in [3.05, 3.63) is 29.3 Å². The van der Waals surface area contributed by atoms with E-state index in [1.54, 1.807) is 7.11 Å². The first-order valence-corrected chi connectivity index (χ1v) is 7.78. The number of hydrogen-bond donors (Lipinski definition) is 2. The fourth-order valence-corrected chi connectivity index (χ4v) is 4.02. The number of aliphatic hydroxyl groups excluding tert-OH is 1. The molecule has 106 valence electrons. The van der Waals surface area contributed by atoms with Crippen LogP contribution in [0.2, 0.25) is 0 Å². The quantitative estimate of drug-likeness (QED) is 0.871. The van der Waals surface area contributed by atoms with Gasteiger partial charge >= 0.3 is 0 Å². The van der Waals surface area contributed by atoms with Crippen LogP contribution in [0.15, 0.2) is 18.2 Å². The summed E-state index contributed by atoms with van der Waals surface area (Å²) in [7, 11) is 1.69. The molecule has 0 bridgehead atoms. The number of fused-ring (bicyclic) bond motifs is 1. The van der Waals surface area contributed by atoms with Gasteiger partial charge < -0.3 is 15.6 Å². The Labute approximate surface area is 119 Å². The summed E-state index contributed by atoms with van der Waals surface area (Å²) in [6.07, 6.45) is 3.02. The second-order valence-corrected chi connectivity index (χ2v) is 6.81. The van der Waals surface area contributed by atoms with E-state index in [0.29, 0.717) is 10.5 Å². The average molecular weight is 281 g/mol. The largest absolute Gasteiger partial charge is 0.497 e. The van der Waals surface area contributed by atoms with Gasteiger partial charge in [-0.05, 0) is 42.5 Å². The first kappa shape index (κ1) is 14.7.